The van der Waals surface area contributed by atoms with Crippen LogP contribution in [0.4, 0.5) is 0 Å². The Labute approximate surface area is 82.1 Å². The first-order valence-electron chi connectivity index (χ1n) is 3.89. The average molecular weight is 192 g/mol. The Balaban J connectivity index is 2.67. The van der Waals surface area contributed by atoms with E-state index in [4.69, 9.17) is 5.73 Å². The molecular formula is C10H12N2S. The molecule has 2 nitrogen and oxygen atoms in total. The van der Waals surface area contributed by atoms with Crippen molar-refractivity contribution in [3.05, 3.63) is 47.1 Å². The van der Waals surface area contributed by atoms with Crippen molar-refractivity contribution in [3.8, 4) is 0 Å². The molecule has 3 heteroatoms. The summed E-state index contributed by atoms with van der Waals surface area (Å²) in [5.74, 6) is 0. The summed E-state index contributed by atoms with van der Waals surface area (Å²) in [6.45, 7) is 5.83. The van der Waals surface area contributed by atoms with E-state index in [-0.39, 0.29) is 0 Å². The molecule has 68 valence electrons. The van der Waals surface area contributed by atoms with Gasteiger partial charge in [0.2, 0.25) is 0 Å². The van der Waals surface area contributed by atoms with E-state index in [1.165, 1.54) is 0 Å². The average Bonchev–Trinajstić information content (AvgIpc) is 2.66. The van der Waals surface area contributed by atoms with Crippen molar-refractivity contribution >= 4 is 16.9 Å². The third-order valence-corrected chi connectivity index (χ3v) is 2.37. The van der Waals surface area contributed by atoms with Gasteiger partial charge < -0.3 is 5.73 Å². The molecule has 13 heavy (non-hydrogen) atoms. The van der Waals surface area contributed by atoms with Crippen molar-refractivity contribution in [3.63, 3.8) is 0 Å². The van der Waals surface area contributed by atoms with Crippen LogP contribution in [0, 0.1) is 0 Å². The summed E-state index contributed by atoms with van der Waals surface area (Å²) in [4.78, 5) is 4.14. The smallest absolute Gasteiger partial charge is 0.122 e. The maximum absolute atomic E-state index is 5.32. The van der Waals surface area contributed by atoms with Crippen LogP contribution in [-0.4, -0.2) is 4.98 Å². The van der Waals surface area contributed by atoms with Gasteiger partial charge in [-0.2, -0.15) is 0 Å². The highest BCUT2D eigenvalue weighted by Crippen LogP contribution is 2.16. The van der Waals surface area contributed by atoms with Gasteiger partial charge in [-0.25, -0.2) is 4.98 Å². The number of rotatable bonds is 3. The molecule has 1 rings (SSSR count). The summed E-state index contributed by atoms with van der Waals surface area (Å²) >= 11 is 1.58. The number of hydrogen-bond donors (Lipinski definition) is 1. The number of nitrogens with two attached hydrogens (primary N) is 1. The molecule has 0 amide bonds. The number of aromatic nitrogens is 1. The lowest BCUT2D eigenvalue weighted by Crippen LogP contribution is -1.81. The van der Waals surface area contributed by atoms with E-state index < -0.39 is 0 Å². The minimum Gasteiger partial charge on any atom is -0.404 e. The van der Waals surface area contributed by atoms with Crippen molar-refractivity contribution in [2.45, 2.75) is 6.92 Å². The second-order valence-electron chi connectivity index (χ2n) is 2.61. The maximum Gasteiger partial charge on any atom is 0.122 e. The largest absolute Gasteiger partial charge is 0.404 e. The normalized spacial score (nSPS) is 12.2. The molecule has 0 spiro atoms. The molecule has 0 unspecified atom stereocenters. The predicted octanol–water partition coefficient (Wildman–Crippen LogP) is 2.58. The zero-order chi connectivity index (χ0) is 9.68. The predicted molar refractivity (Wildman–Crippen MR) is 58.2 cm³/mol. The molecule has 1 aromatic heterocycles. The van der Waals surface area contributed by atoms with Gasteiger partial charge in [0.1, 0.15) is 5.01 Å². The van der Waals surface area contributed by atoms with E-state index in [2.05, 4.69) is 11.6 Å². The van der Waals surface area contributed by atoms with Gasteiger partial charge in [-0.05, 0) is 18.7 Å². The Bertz CT molecular complexity index is 334. The van der Waals surface area contributed by atoms with Crippen molar-refractivity contribution in [1.29, 1.82) is 0 Å². The monoisotopic (exact) mass is 192 g/mol. The first-order chi connectivity index (χ1) is 6.24. The molecule has 0 bridgehead atoms. The fourth-order valence-electron chi connectivity index (χ4n) is 0.741. The second kappa shape index (κ2) is 4.62. The SMILES string of the molecule is C=C(/C=C\C(C)=C/N)c1nccs1. The minimum absolute atomic E-state index is 0.913. The molecule has 2 N–H and O–H groups in total. The van der Waals surface area contributed by atoms with Crippen LogP contribution in [0.25, 0.3) is 5.57 Å². The van der Waals surface area contributed by atoms with Gasteiger partial charge in [-0.3, -0.25) is 0 Å². The first-order valence-corrected chi connectivity index (χ1v) is 4.77. The fraction of sp³-hybridized carbons (Fsp3) is 0.100. The van der Waals surface area contributed by atoms with Crippen LogP contribution >= 0.6 is 11.3 Å². The van der Waals surface area contributed by atoms with Gasteiger partial charge in [0.15, 0.2) is 0 Å². The van der Waals surface area contributed by atoms with Gasteiger partial charge >= 0.3 is 0 Å². The molecule has 0 aromatic carbocycles. The number of hydrogen-bond acceptors (Lipinski definition) is 3. The Morgan fingerprint density at radius 2 is 2.38 bits per heavy atom. The summed E-state index contributed by atoms with van der Waals surface area (Å²) in [6, 6.07) is 0. The van der Waals surface area contributed by atoms with Gasteiger partial charge in [-0.1, -0.05) is 18.7 Å². The van der Waals surface area contributed by atoms with Crippen molar-refractivity contribution < 1.29 is 0 Å². The Hall–Kier alpha value is -1.35. The Morgan fingerprint density at radius 3 is 2.92 bits per heavy atom. The highest BCUT2D eigenvalue weighted by atomic mass is 32.1. The Morgan fingerprint density at radius 1 is 1.62 bits per heavy atom. The van der Waals surface area contributed by atoms with E-state index in [0.29, 0.717) is 0 Å². The van der Waals surface area contributed by atoms with Crippen molar-refractivity contribution in [1.82, 2.24) is 4.98 Å². The molecule has 0 saturated carbocycles. The van der Waals surface area contributed by atoms with Crippen LogP contribution in [0.5, 0.6) is 0 Å². The van der Waals surface area contributed by atoms with Gasteiger partial charge in [0.25, 0.3) is 0 Å². The second-order valence-corrected chi connectivity index (χ2v) is 3.50. The third-order valence-electron chi connectivity index (χ3n) is 1.52. The third kappa shape index (κ3) is 2.87. The van der Waals surface area contributed by atoms with E-state index in [0.717, 1.165) is 16.2 Å². The number of nitrogens with zero attached hydrogens (tertiary/aromatic N) is 1. The lowest BCUT2D eigenvalue weighted by atomic mass is 10.2. The summed E-state index contributed by atoms with van der Waals surface area (Å²) in [5.41, 5.74) is 7.25. The summed E-state index contributed by atoms with van der Waals surface area (Å²) in [7, 11) is 0. The quantitative estimate of drug-likeness (QED) is 0.747. The number of allylic oxidation sites excluding steroid dienone is 4. The molecule has 0 aliphatic heterocycles. The van der Waals surface area contributed by atoms with E-state index in [9.17, 15) is 0 Å². The summed E-state index contributed by atoms with van der Waals surface area (Å²) < 4.78 is 0. The summed E-state index contributed by atoms with van der Waals surface area (Å²) in [6.07, 6.45) is 7.16. The van der Waals surface area contributed by atoms with Crippen LogP contribution in [0.3, 0.4) is 0 Å². The molecular weight excluding hydrogens is 180 g/mol. The van der Waals surface area contributed by atoms with E-state index in [1.807, 2.05) is 24.5 Å². The van der Waals surface area contributed by atoms with Crippen LogP contribution in [0.2, 0.25) is 0 Å². The zero-order valence-electron chi connectivity index (χ0n) is 7.53. The van der Waals surface area contributed by atoms with Gasteiger partial charge in [-0.15, -0.1) is 11.3 Å². The van der Waals surface area contributed by atoms with Crippen LogP contribution in [0.1, 0.15) is 11.9 Å². The molecule has 0 saturated heterocycles. The number of thiazole rings is 1. The summed E-state index contributed by atoms with van der Waals surface area (Å²) in [5, 5.41) is 2.88. The van der Waals surface area contributed by atoms with Crippen LogP contribution in [0.15, 0.2) is 42.1 Å². The van der Waals surface area contributed by atoms with E-state index >= 15 is 0 Å². The molecule has 0 aliphatic carbocycles. The molecule has 0 aliphatic rings. The van der Waals surface area contributed by atoms with Crippen LogP contribution in [-0.2, 0) is 0 Å². The zero-order valence-corrected chi connectivity index (χ0v) is 8.34. The highest BCUT2D eigenvalue weighted by Gasteiger charge is 1.95. The topological polar surface area (TPSA) is 38.9 Å². The van der Waals surface area contributed by atoms with E-state index in [1.54, 1.807) is 23.7 Å². The fourth-order valence-corrected chi connectivity index (χ4v) is 1.33. The van der Waals surface area contributed by atoms with Crippen molar-refractivity contribution in [2.75, 3.05) is 0 Å². The Kier molecular flexibility index (Phi) is 3.46. The van der Waals surface area contributed by atoms with Crippen molar-refractivity contribution in [2.24, 2.45) is 5.73 Å². The molecule has 0 radical (unpaired) electrons. The lowest BCUT2D eigenvalue weighted by Gasteiger charge is -1.92. The lowest BCUT2D eigenvalue weighted by molar-refractivity contribution is 1.38. The molecule has 0 fully saturated rings. The minimum atomic E-state index is 0.913. The first kappa shape index (κ1) is 9.74. The van der Waals surface area contributed by atoms with Gasteiger partial charge in [0, 0.05) is 17.2 Å². The molecule has 1 aromatic rings. The van der Waals surface area contributed by atoms with Crippen LogP contribution < -0.4 is 5.73 Å². The molecule has 1 heterocycles. The highest BCUT2D eigenvalue weighted by molar-refractivity contribution is 7.10. The maximum atomic E-state index is 5.32. The molecule has 0 atom stereocenters. The standard InChI is InChI=1S/C10H12N2S/c1-8(7-11)3-4-9(2)10-12-5-6-13-10/h3-7H,2,11H2,1H3/b4-3-,8-7-. The van der Waals surface area contributed by atoms with Gasteiger partial charge in [0.05, 0.1) is 0 Å².